The summed E-state index contributed by atoms with van der Waals surface area (Å²) < 4.78 is 0. The molecule has 0 fully saturated rings. The van der Waals surface area contributed by atoms with Gasteiger partial charge < -0.3 is 15.3 Å². The number of anilines is 2. The summed E-state index contributed by atoms with van der Waals surface area (Å²) in [6, 6.07) is 16.6. The molecule has 0 bridgehead atoms. The highest BCUT2D eigenvalue weighted by molar-refractivity contribution is 5.64. The molecule has 0 radical (unpaired) electrons. The molecule has 3 aromatic rings. The number of nitrogens with one attached hydrogen (secondary N) is 2. The molecule has 0 unspecified atom stereocenters. The molecule has 0 amide bonds. The van der Waals surface area contributed by atoms with Gasteiger partial charge in [0.1, 0.15) is 0 Å². The molecule has 2 aromatic carbocycles. The number of hydrogen-bond donors (Lipinski definition) is 3. The Kier molecular flexibility index (Phi) is 5.36. The van der Waals surface area contributed by atoms with E-state index in [9.17, 15) is 0 Å². The van der Waals surface area contributed by atoms with Gasteiger partial charge in [-0.2, -0.15) is 5.10 Å². The average molecular weight is 336 g/mol. The molecule has 0 saturated carbocycles. The summed E-state index contributed by atoms with van der Waals surface area (Å²) in [5.74, 6) is 0. The number of likely N-dealkylation sites (N-methyl/N-ethyl adjacent to an activating group) is 1. The third kappa shape index (κ3) is 4.19. The summed E-state index contributed by atoms with van der Waals surface area (Å²) in [7, 11) is 1.97. The molecule has 130 valence electrons. The summed E-state index contributed by atoms with van der Waals surface area (Å²) in [4.78, 5) is 2.02. The highest BCUT2D eigenvalue weighted by Crippen LogP contribution is 2.23. The van der Waals surface area contributed by atoms with Gasteiger partial charge in [0.2, 0.25) is 0 Å². The summed E-state index contributed by atoms with van der Waals surface area (Å²) in [6.07, 6.45) is 1.87. The fourth-order valence-electron chi connectivity index (χ4n) is 2.73. The fraction of sp³-hybridized carbons (Fsp3) is 0.250. The second-order valence-electron chi connectivity index (χ2n) is 6.18. The van der Waals surface area contributed by atoms with E-state index in [4.69, 9.17) is 5.11 Å². The van der Waals surface area contributed by atoms with Crippen molar-refractivity contribution in [2.24, 2.45) is 0 Å². The van der Waals surface area contributed by atoms with E-state index in [0.29, 0.717) is 13.1 Å². The minimum atomic E-state index is 0.152. The van der Waals surface area contributed by atoms with E-state index in [2.05, 4.69) is 58.8 Å². The van der Waals surface area contributed by atoms with Crippen molar-refractivity contribution in [3.63, 3.8) is 0 Å². The molecule has 0 aliphatic carbocycles. The van der Waals surface area contributed by atoms with Crippen molar-refractivity contribution in [1.29, 1.82) is 0 Å². The van der Waals surface area contributed by atoms with Crippen molar-refractivity contribution in [1.82, 2.24) is 10.2 Å². The highest BCUT2D eigenvalue weighted by atomic mass is 16.3. The van der Waals surface area contributed by atoms with Gasteiger partial charge in [-0.25, -0.2) is 0 Å². The normalized spacial score (nSPS) is 10.7. The molecular formula is C20H24N4O. The largest absolute Gasteiger partial charge is 0.395 e. The number of aliphatic hydroxyl groups is 1. The lowest BCUT2D eigenvalue weighted by Crippen LogP contribution is -2.20. The lowest BCUT2D eigenvalue weighted by atomic mass is 10.1. The average Bonchev–Trinajstić information content (AvgIpc) is 3.10. The zero-order valence-electron chi connectivity index (χ0n) is 14.7. The molecule has 1 aromatic heterocycles. The molecule has 5 nitrogen and oxygen atoms in total. The molecule has 0 atom stereocenters. The quantitative estimate of drug-likeness (QED) is 0.618. The molecule has 0 saturated heterocycles. The number of nitrogens with zero attached hydrogens (tertiary/aromatic N) is 2. The fourth-order valence-corrected chi connectivity index (χ4v) is 2.73. The van der Waals surface area contributed by atoms with Crippen LogP contribution in [0.4, 0.5) is 11.4 Å². The summed E-state index contributed by atoms with van der Waals surface area (Å²) >= 11 is 0. The summed E-state index contributed by atoms with van der Waals surface area (Å²) in [5.41, 5.74) is 6.70. The Balaban J connectivity index is 1.66. The molecule has 5 heteroatoms. The predicted molar refractivity (Wildman–Crippen MR) is 103 cm³/mol. The third-order valence-corrected chi connectivity index (χ3v) is 4.28. The van der Waals surface area contributed by atoms with Crippen LogP contribution in [0.3, 0.4) is 0 Å². The predicted octanol–water partition coefficient (Wildman–Crippen LogP) is 3.43. The molecule has 0 aliphatic heterocycles. The van der Waals surface area contributed by atoms with Crippen molar-refractivity contribution in [3.05, 3.63) is 65.9 Å². The first-order chi connectivity index (χ1) is 12.2. The molecule has 1 heterocycles. The van der Waals surface area contributed by atoms with Crippen LogP contribution in [-0.2, 0) is 6.54 Å². The van der Waals surface area contributed by atoms with Crippen LogP contribution in [0.1, 0.15) is 11.1 Å². The van der Waals surface area contributed by atoms with Gasteiger partial charge in [-0.15, -0.1) is 0 Å². The van der Waals surface area contributed by atoms with Crippen LogP contribution in [0.25, 0.3) is 11.3 Å². The van der Waals surface area contributed by atoms with Crippen LogP contribution in [0.15, 0.2) is 54.7 Å². The lowest BCUT2D eigenvalue weighted by molar-refractivity contribution is 0.304. The highest BCUT2D eigenvalue weighted by Gasteiger charge is 2.07. The summed E-state index contributed by atoms with van der Waals surface area (Å²) in [6.45, 7) is 3.56. The van der Waals surface area contributed by atoms with Gasteiger partial charge in [0.15, 0.2) is 0 Å². The number of H-pyrrole nitrogens is 1. The zero-order valence-corrected chi connectivity index (χ0v) is 14.7. The molecule has 25 heavy (non-hydrogen) atoms. The number of aliphatic hydroxyl groups excluding tert-OH is 1. The third-order valence-electron chi connectivity index (χ3n) is 4.28. The minimum absolute atomic E-state index is 0.152. The molecule has 0 spiro atoms. The number of hydrogen-bond acceptors (Lipinski definition) is 4. The first-order valence-corrected chi connectivity index (χ1v) is 8.42. The maximum Gasteiger partial charge on any atom is 0.0700 e. The topological polar surface area (TPSA) is 64.2 Å². The number of rotatable bonds is 7. The zero-order chi connectivity index (χ0) is 17.6. The molecule has 0 aliphatic rings. The van der Waals surface area contributed by atoms with Gasteiger partial charge >= 0.3 is 0 Å². The number of aromatic nitrogens is 2. The Morgan fingerprint density at radius 1 is 1.08 bits per heavy atom. The second-order valence-corrected chi connectivity index (χ2v) is 6.18. The summed E-state index contributed by atoms with van der Waals surface area (Å²) in [5, 5.41) is 19.7. The second kappa shape index (κ2) is 7.85. The van der Waals surface area contributed by atoms with E-state index in [1.807, 2.05) is 30.3 Å². The van der Waals surface area contributed by atoms with Gasteiger partial charge in [-0.05, 0) is 36.8 Å². The Morgan fingerprint density at radius 3 is 2.48 bits per heavy atom. The van der Waals surface area contributed by atoms with E-state index in [-0.39, 0.29) is 6.61 Å². The van der Waals surface area contributed by atoms with Crippen molar-refractivity contribution in [3.8, 4) is 11.3 Å². The molecular weight excluding hydrogens is 312 g/mol. The first kappa shape index (κ1) is 17.0. The van der Waals surface area contributed by atoms with E-state index in [1.54, 1.807) is 0 Å². The number of aryl methyl sites for hydroxylation is 1. The van der Waals surface area contributed by atoms with E-state index in [0.717, 1.165) is 28.2 Å². The van der Waals surface area contributed by atoms with Crippen molar-refractivity contribution in [2.75, 3.05) is 30.4 Å². The van der Waals surface area contributed by atoms with E-state index >= 15 is 0 Å². The smallest absolute Gasteiger partial charge is 0.0700 e. The van der Waals surface area contributed by atoms with Crippen molar-refractivity contribution >= 4 is 11.4 Å². The van der Waals surface area contributed by atoms with Crippen molar-refractivity contribution < 1.29 is 5.11 Å². The first-order valence-electron chi connectivity index (χ1n) is 8.42. The molecule has 3 N–H and O–H groups in total. The maximum atomic E-state index is 9.01. The van der Waals surface area contributed by atoms with Gasteiger partial charge in [0.25, 0.3) is 0 Å². The Bertz CT molecular complexity index is 793. The number of aromatic amines is 1. The van der Waals surface area contributed by atoms with Crippen LogP contribution in [-0.4, -0.2) is 35.5 Å². The van der Waals surface area contributed by atoms with Crippen LogP contribution < -0.4 is 10.2 Å². The van der Waals surface area contributed by atoms with E-state index < -0.39 is 0 Å². The molecule has 3 rings (SSSR count). The van der Waals surface area contributed by atoms with Crippen LogP contribution in [0.2, 0.25) is 0 Å². The van der Waals surface area contributed by atoms with Crippen LogP contribution >= 0.6 is 0 Å². The Labute approximate surface area is 148 Å². The lowest BCUT2D eigenvalue weighted by Gasteiger charge is -2.18. The standard InChI is InChI=1S/C20H24N4O/c1-15-3-5-16(6-4-15)20-17(14-22-23-20)13-21-18-7-9-19(10-8-18)24(2)11-12-25/h3-10,14,21,25H,11-13H2,1-2H3,(H,22,23). The van der Waals surface area contributed by atoms with E-state index in [1.165, 1.54) is 5.56 Å². The monoisotopic (exact) mass is 336 g/mol. The minimum Gasteiger partial charge on any atom is -0.395 e. The SMILES string of the molecule is Cc1ccc(-c2[nH]ncc2CNc2ccc(N(C)CCO)cc2)cc1. The van der Waals surface area contributed by atoms with Crippen LogP contribution in [0, 0.1) is 6.92 Å². The van der Waals surface area contributed by atoms with Gasteiger partial charge in [0.05, 0.1) is 18.5 Å². The van der Waals surface area contributed by atoms with Gasteiger partial charge in [-0.3, -0.25) is 5.10 Å². The van der Waals surface area contributed by atoms with Gasteiger partial charge in [-0.1, -0.05) is 29.8 Å². The van der Waals surface area contributed by atoms with Gasteiger partial charge in [0, 0.05) is 37.1 Å². The van der Waals surface area contributed by atoms with Crippen molar-refractivity contribution in [2.45, 2.75) is 13.5 Å². The van der Waals surface area contributed by atoms with Crippen LogP contribution in [0.5, 0.6) is 0 Å². The maximum absolute atomic E-state index is 9.01. The number of benzene rings is 2. The Hall–Kier alpha value is -2.79. The Morgan fingerprint density at radius 2 is 1.80 bits per heavy atom.